The molecule has 2 aromatic heterocycles. The Balaban J connectivity index is 1.39. The number of furan rings is 1. The van der Waals surface area contributed by atoms with Crippen molar-refractivity contribution in [1.82, 2.24) is 20.1 Å². The maximum Gasteiger partial charge on any atom is 0.273 e. The quantitative estimate of drug-likeness (QED) is 0.919. The molecule has 4 rings (SSSR count). The molecule has 2 aromatic rings. The number of amides is 1. The SMILES string of the molecule is Cc1ccc(-c2nc(C(=O)N3CCN(C4CCNC4)CC3)cs2)o1. The fourth-order valence-corrected chi connectivity index (χ4v) is 4.19. The van der Waals surface area contributed by atoms with Crippen LogP contribution in [0.4, 0.5) is 0 Å². The van der Waals surface area contributed by atoms with Gasteiger partial charge in [0.15, 0.2) is 10.8 Å². The summed E-state index contributed by atoms with van der Waals surface area (Å²) in [4.78, 5) is 21.6. The maximum absolute atomic E-state index is 12.7. The highest BCUT2D eigenvalue weighted by molar-refractivity contribution is 7.13. The summed E-state index contributed by atoms with van der Waals surface area (Å²) in [5.74, 6) is 1.62. The van der Waals surface area contributed by atoms with Crippen LogP contribution in [0, 0.1) is 6.92 Å². The van der Waals surface area contributed by atoms with Gasteiger partial charge in [-0.25, -0.2) is 4.98 Å². The van der Waals surface area contributed by atoms with E-state index in [2.05, 4.69) is 15.2 Å². The summed E-state index contributed by atoms with van der Waals surface area (Å²) in [6.07, 6.45) is 1.21. The van der Waals surface area contributed by atoms with Gasteiger partial charge in [0.1, 0.15) is 11.5 Å². The second kappa shape index (κ2) is 6.66. The van der Waals surface area contributed by atoms with E-state index in [1.807, 2.05) is 29.3 Å². The lowest BCUT2D eigenvalue weighted by Crippen LogP contribution is -2.52. The molecule has 6 nitrogen and oxygen atoms in total. The molecule has 1 unspecified atom stereocenters. The lowest BCUT2D eigenvalue weighted by atomic mass is 10.2. The normalized spacial score (nSPS) is 22.2. The number of thiazole rings is 1. The standard InChI is InChI=1S/C17H22N4O2S/c1-12-2-3-15(23-12)16-19-14(11-24-16)17(22)21-8-6-20(7-9-21)13-4-5-18-10-13/h2-3,11,13,18H,4-10H2,1H3. The van der Waals surface area contributed by atoms with Gasteiger partial charge in [-0.2, -0.15) is 0 Å². The van der Waals surface area contributed by atoms with E-state index in [0.717, 1.165) is 55.8 Å². The molecule has 2 aliphatic heterocycles. The van der Waals surface area contributed by atoms with Gasteiger partial charge < -0.3 is 14.6 Å². The zero-order chi connectivity index (χ0) is 16.5. The topological polar surface area (TPSA) is 61.6 Å². The van der Waals surface area contributed by atoms with Gasteiger partial charge >= 0.3 is 0 Å². The molecule has 128 valence electrons. The van der Waals surface area contributed by atoms with Gasteiger partial charge in [-0.3, -0.25) is 9.69 Å². The molecule has 0 saturated carbocycles. The minimum atomic E-state index is 0.0324. The molecule has 24 heavy (non-hydrogen) atoms. The Kier molecular flexibility index (Phi) is 4.39. The molecule has 0 bridgehead atoms. The van der Waals surface area contributed by atoms with E-state index >= 15 is 0 Å². The third kappa shape index (κ3) is 3.11. The summed E-state index contributed by atoms with van der Waals surface area (Å²) in [6, 6.07) is 4.45. The van der Waals surface area contributed by atoms with Crippen molar-refractivity contribution in [3.8, 4) is 10.8 Å². The first-order chi connectivity index (χ1) is 11.7. The molecule has 0 radical (unpaired) electrons. The molecule has 1 N–H and O–H groups in total. The number of carbonyl (C=O) groups excluding carboxylic acids is 1. The summed E-state index contributed by atoms with van der Waals surface area (Å²) in [5.41, 5.74) is 0.528. The fourth-order valence-electron chi connectivity index (χ4n) is 3.44. The van der Waals surface area contributed by atoms with E-state index in [4.69, 9.17) is 4.42 Å². The number of aryl methyl sites for hydroxylation is 1. The Morgan fingerprint density at radius 2 is 2.17 bits per heavy atom. The average Bonchev–Trinajstić information content (AvgIpc) is 3.35. The molecular weight excluding hydrogens is 324 g/mol. The zero-order valence-corrected chi connectivity index (χ0v) is 14.6. The number of hydrogen-bond donors (Lipinski definition) is 1. The van der Waals surface area contributed by atoms with Crippen molar-refractivity contribution in [2.24, 2.45) is 0 Å². The van der Waals surface area contributed by atoms with E-state index < -0.39 is 0 Å². The number of aromatic nitrogens is 1. The predicted molar refractivity (Wildman–Crippen MR) is 93.3 cm³/mol. The Labute approximate surface area is 145 Å². The lowest BCUT2D eigenvalue weighted by molar-refractivity contribution is 0.0579. The average molecular weight is 346 g/mol. The van der Waals surface area contributed by atoms with Crippen LogP contribution in [0.2, 0.25) is 0 Å². The Morgan fingerprint density at radius 1 is 1.33 bits per heavy atom. The van der Waals surface area contributed by atoms with Crippen molar-refractivity contribution < 1.29 is 9.21 Å². The van der Waals surface area contributed by atoms with Gasteiger partial charge in [0.05, 0.1) is 0 Å². The van der Waals surface area contributed by atoms with Crippen LogP contribution in [0.5, 0.6) is 0 Å². The summed E-state index contributed by atoms with van der Waals surface area (Å²) >= 11 is 1.46. The summed E-state index contributed by atoms with van der Waals surface area (Å²) in [5, 5.41) is 6.01. The van der Waals surface area contributed by atoms with E-state index in [1.165, 1.54) is 17.8 Å². The minimum Gasteiger partial charge on any atom is -0.459 e. The van der Waals surface area contributed by atoms with E-state index in [1.54, 1.807) is 0 Å². The summed E-state index contributed by atoms with van der Waals surface area (Å²) < 4.78 is 5.59. The van der Waals surface area contributed by atoms with Gasteiger partial charge in [-0.1, -0.05) is 0 Å². The van der Waals surface area contributed by atoms with Crippen LogP contribution >= 0.6 is 11.3 Å². The highest BCUT2D eigenvalue weighted by Crippen LogP contribution is 2.26. The molecule has 1 atom stereocenters. The monoisotopic (exact) mass is 346 g/mol. The first-order valence-electron chi connectivity index (χ1n) is 8.47. The molecule has 2 saturated heterocycles. The van der Waals surface area contributed by atoms with Crippen molar-refractivity contribution in [3.63, 3.8) is 0 Å². The Morgan fingerprint density at radius 3 is 2.83 bits per heavy atom. The molecule has 1 amide bonds. The van der Waals surface area contributed by atoms with Crippen molar-refractivity contribution >= 4 is 17.2 Å². The smallest absolute Gasteiger partial charge is 0.273 e. The number of nitrogens with one attached hydrogen (secondary N) is 1. The van der Waals surface area contributed by atoms with Gasteiger partial charge in [0, 0.05) is 44.1 Å². The van der Waals surface area contributed by atoms with Gasteiger partial charge in [-0.05, 0) is 32.0 Å². The van der Waals surface area contributed by atoms with Gasteiger partial charge in [-0.15, -0.1) is 11.3 Å². The van der Waals surface area contributed by atoms with Crippen LogP contribution in [0.15, 0.2) is 21.9 Å². The van der Waals surface area contributed by atoms with Crippen LogP contribution in [-0.2, 0) is 0 Å². The van der Waals surface area contributed by atoms with Crippen LogP contribution in [0.25, 0.3) is 10.8 Å². The first-order valence-corrected chi connectivity index (χ1v) is 9.35. The maximum atomic E-state index is 12.7. The lowest BCUT2D eigenvalue weighted by Gasteiger charge is -2.37. The molecule has 0 aliphatic carbocycles. The predicted octanol–water partition coefficient (Wildman–Crippen LogP) is 1.83. The Bertz CT molecular complexity index is 712. The van der Waals surface area contributed by atoms with Crippen molar-refractivity contribution in [1.29, 1.82) is 0 Å². The van der Waals surface area contributed by atoms with Crippen LogP contribution in [0.1, 0.15) is 22.7 Å². The van der Waals surface area contributed by atoms with Crippen LogP contribution < -0.4 is 5.32 Å². The second-order valence-electron chi connectivity index (χ2n) is 6.42. The number of nitrogens with zero attached hydrogens (tertiary/aromatic N) is 3. The van der Waals surface area contributed by atoms with Crippen molar-refractivity contribution in [3.05, 3.63) is 29.0 Å². The molecular formula is C17H22N4O2S. The number of piperazine rings is 1. The molecule has 0 spiro atoms. The highest BCUT2D eigenvalue weighted by Gasteiger charge is 2.29. The molecule has 2 aliphatic rings. The third-order valence-corrected chi connectivity index (χ3v) is 5.68. The summed E-state index contributed by atoms with van der Waals surface area (Å²) in [6.45, 7) is 7.55. The Hall–Kier alpha value is -1.70. The third-order valence-electron chi connectivity index (χ3n) is 4.83. The van der Waals surface area contributed by atoms with Crippen LogP contribution in [0.3, 0.4) is 0 Å². The molecule has 2 fully saturated rings. The van der Waals surface area contributed by atoms with Gasteiger partial charge in [0.2, 0.25) is 0 Å². The number of rotatable bonds is 3. The van der Waals surface area contributed by atoms with Gasteiger partial charge in [0.25, 0.3) is 5.91 Å². The van der Waals surface area contributed by atoms with E-state index in [-0.39, 0.29) is 5.91 Å². The zero-order valence-electron chi connectivity index (χ0n) is 13.8. The highest BCUT2D eigenvalue weighted by atomic mass is 32.1. The van der Waals surface area contributed by atoms with Crippen LogP contribution in [-0.4, -0.2) is 66.0 Å². The van der Waals surface area contributed by atoms with E-state index in [9.17, 15) is 4.79 Å². The second-order valence-corrected chi connectivity index (χ2v) is 7.28. The van der Waals surface area contributed by atoms with Crippen molar-refractivity contribution in [2.45, 2.75) is 19.4 Å². The minimum absolute atomic E-state index is 0.0324. The first kappa shape index (κ1) is 15.8. The summed E-state index contributed by atoms with van der Waals surface area (Å²) in [7, 11) is 0. The van der Waals surface area contributed by atoms with E-state index in [0.29, 0.717) is 11.7 Å². The van der Waals surface area contributed by atoms with Crippen molar-refractivity contribution in [2.75, 3.05) is 39.3 Å². The largest absolute Gasteiger partial charge is 0.459 e. The number of carbonyl (C=O) groups is 1. The molecule has 4 heterocycles. The molecule has 7 heteroatoms. The number of hydrogen-bond acceptors (Lipinski definition) is 6. The fraction of sp³-hybridized carbons (Fsp3) is 0.529. The molecule has 0 aromatic carbocycles.